The second-order valence-corrected chi connectivity index (χ2v) is 9.65. The fraction of sp³-hybridized carbons (Fsp3) is 0.611. The molecule has 164 valence electrons. The number of sulfonamides is 1. The van der Waals surface area contributed by atoms with E-state index in [9.17, 15) is 30.8 Å². The molecule has 0 saturated carbocycles. The molecule has 0 radical (unpaired) electrons. The molecule has 0 aliphatic carbocycles. The molecular formula is C18H24F4N2O4S. The van der Waals surface area contributed by atoms with Gasteiger partial charge in [-0.2, -0.15) is 17.5 Å². The number of alkyl carbamates (subject to hydrolysis) is 1. The summed E-state index contributed by atoms with van der Waals surface area (Å²) in [4.78, 5) is 10.8. The number of benzene rings is 1. The monoisotopic (exact) mass is 440 g/mol. The number of alkyl halides is 3. The molecule has 1 atom stereocenters. The number of piperidine rings is 1. The quantitative estimate of drug-likeness (QED) is 0.721. The van der Waals surface area contributed by atoms with Gasteiger partial charge in [-0.25, -0.2) is 17.6 Å². The van der Waals surface area contributed by atoms with Gasteiger partial charge in [-0.05, 0) is 51.8 Å². The van der Waals surface area contributed by atoms with Gasteiger partial charge in [0.05, 0.1) is 5.56 Å². The molecule has 1 unspecified atom stereocenters. The van der Waals surface area contributed by atoms with Crippen LogP contribution in [0.4, 0.5) is 22.4 Å². The molecule has 1 N–H and O–H groups in total. The molecule has 1 aliphatic rings. The summed E-state index contributed by atoms with van der Waals surface area (Å²) in [5.41, 5.74) is -2.00. The number of hydrogen-bond donors (Lipinski definition) is 1. The van der Waals surface area contributed by atoms with E-state index in [1.54, 1.807) is 20.8 Å². The van der Waals surface area contributed by atoms with Crippen molar-refractivity contribution in [3.8, 4) is 0 Å². The van der Waals surface area contributed by atoms with Crippen molar-refractivity contribution in [3.05, 3.63) is 29.6 Å². The topological polar surface area (TPSA) is 75.7 Å². The van der Waals surface area contributed by atoms with Crippen LogP contribution in [0.25, 0.3) is 0 Å². The van der Waals surface area contributed by atoms with Crippen molar-refractivity contribution in [2.75, 3.05) is 13.1 Å². The number of hydrogen-bond acceptors (Lipinski definition) is 4. The molecule has 11 heteroatoms. The normalized spacial score (nSPS) is 19.1. The number of nitrogens with one attached hydrogen (secondary N) is 1. The van der Waals surface area contributed by atoms with Crippen molar-refractivity contribution in [3.63, 3.8) is 0 Å². The first-order valence-electron chi connectivity index (χ1n) is 9.07. The predicted octanol–water partition coefficient (Wildman–Crippen LogP) is 3.91. The van der Waals surface area contributed by atoms with Crippen LogP contribution in [0.15, 0.2) is 23.1 Å². The standard InChI is InChI=1S/C18H24F4N2O4S/c1-17(2,3)28-16(25)23-11-13-6-4-5-9-24(13)29(26,27)15-10-12(18(20,21)22)7-8-14(15)19/h7-8,10,13H,4-6,9,11H2,1-3H3,(H,23,25). The highest BCUT2D eigenvalue weighted by atomic mass is 32.2. The van der Waals surface area contributed by atoms with Crippen LogP contribution < -0.4 is 5.32 Å². The first-order valence-corrected chi connectivity index (χ1v) is 10.5. The Balaban J connectivity index is 2.26. The van der Waals surface area contributed by atoms with Crippen molar-refractivity contribution < 1.29 is 35.5 Å². The lowest BCUT2D eigenvalue weighted by atomic mass is 10.1. The third-order valence-corrected chi connectivity index (χ3v) is 6.27. The molecule has 0 bridgehead atoms. The summed E-state index contributed by atoms with van der Waals surface area (Å²) in [5, 5.41) is 2.47. The van der Waals surface area contributed by atoms with E-state index in [1.165, 1.54) is 0 Å². The minimum absolute atomic E-state index is 0.0126. The predicted molar refractivity (Wildman–Crippen MR) is 97.2 cm³/mol. The third-order valence-electron chi connectivity index (χ3n) is 4.30. The number of carbonyl (C=O) groups is 1. The van der Waals surface area contributed by atoms with Crippen LogP contribution in [0.3, 0.4) is 0 Å². The molecule has 1 aromatic rings. The molecule has 6 nitrogen and oxygen atoms in total. The Morgan fingerprint density at radius 2 is 1.90 bits per heavy atom. The van der Waals surface area contributed by atoms with Crippen molar-refractivity contribution in [2.24, 2.45) is 0 Å². The van der Waals surface area contributed by atoms with E-state index in [0.29, 0.717) is 37.5 Å². The maximum atomic E-state index is 14.2. The Labute approximate surface area is 167 Å². The molecule has 2 rings (SSSR count). The van der Waals surface area contributed by atoms with Crippen LogP contribution in [0.2, 0.25) is 0 Å². The number of carbonyl (C=O) groups excluding carboxylic acids is 1. The summed E-state index contributed by atoms with van der Waals surface area (Å²) in [5.74, 6) is -1.26. The van der Waals surface area contributed by atoms with Gasteiger partial charge in [0, 0.05) is 19.1 Å². The first kappa shape index (κ1) is 23.4. The second kappa shape index (κ2) is 8.47. The highest BCUT2D eigenvalue weighted by molar-refractivity contribution is 7.89. The summed E-state index contributed by atoms with van der Waals surface area (Å²) in [6.07, 6.45) is -4.04. The number of nitrogens with zero attached hydrogens (tertiary/aromatic N) is 1. The van der Waals surface area contributed by atoms with Crippen LogP contribution in [0.1, 0.15) is 45.6 Å². The van der Waals surface area contributed by atoms with E-state index < -0.39 is 50.2 Å². The fourth-order valence-electron chi connectivity index (χ4n) is 3.01. The number of halogens is 4. The van der Waals surface area contributed by atoms with Gasteiger partial charge in [-0.3, -0.25) is 0 Å². The Kier molecular flexibility index (Phi) is 6.83. The van der Waals surface area contributed by atoms with Gasteiger partial charge in [0.25, 0.3) is 0 Å². The van der Waals surface area contributed by atoms with Gasteiger partial charge in [0.1, 0.15) is 16.3 Å². The SMILES string of the molecule is CC(C)(C)OC(=O)NCC1CCCCN1S(=O)(=O)c1cc(C(F)(F)F)ccc1F. The van der Waals surface area contributed by atoms with Gasteiger partial charge in [0.15, 0.2) is 0 Å². The molecule has 0 aromatic heterocycles. The smallest absolute Gasteiger partial charge is 0.416 e. The molecule has 1 fully saturated rings. The van der Waals surface area contributed by atoms with Gasteiger partial charge in [-0.15, -0.1) is 0 Å². The van der Waals surface area contributed by atoms with Crippen LogP contribution in [0, 0.1) is 5.82 Å². The maximum Gasteiger partial charge on any atom is 0.416 e. The lowest BCUT2D eigenvalue weighted by Crippen LogP contribution is -2.50. The Morgan fingerprint density at radius 1 is 1.24 bits per heavy atom. The van der Waals surface area contributed by atoms with Crippen molar-refractivity contribution in [1.82, 2.24) is 9.62 Å². The molecule has 1 aliphatic heterocycles. The summed E-state index contributed by atoms with van der Waals surface area (Å²) < 4.78 is 85.0. The highest BCUT2D eigenvalue weighted by Gasteiger charge is 2.38. The lowest BCUT2D eigenvalue weighted by Gasteiger charge is -2.35. The first-order chi connectivity index (χ1) is 13.2. The number of ether oxygens (including phenoxy) is 1. The van der Waals surface area contributed by atoms with Crippen LogP contribution in [0.5, 0.6) is 0 Å². The zero-order valence-electron chi connectivity index (χ0n) is 16.3. The van der Waals surface area contributed by atoms with Crippen molar-refractivity contribution in [1.29, 1.82) is 0 Å². The Hall–Kier alpha value is -1.88. The zero-order chi connectivity index (χ0) is 22.0. The molecular weight excluding hydrogens is 416 g/mol. The average molecular weight is 440 g/mol. The van der Waals surface area contributed by atoms with Gasteiger partial charge < -0.3 is 10.1 Å². The maximum absolute atomic E-state index is 14.2. The van der Waals surface area contributed by atoms with Crippen LogP contribution >= 0.6 is 0 Å². The molecule has 1 aromatic carbocycles. The minimum atomic E-state index is -4.81. The minimum Gasteiger partial charge on any atom is -0.444 e. The fourth-order valence-corrected chi connectivity index (χ4v) is 4.80. The van der Waals surface area contributed by atoms with Crippen LogP contribution in [-0.4, -0.2) is 43.5 Å². The van der Waals surface area contributed by atoms with Gasteiger partial charge in [0.2, 0.25) is 10.0 Å². The molecule has 29 heavy (non-hydrogen) atoms. The highest BCUT2D eigenvalue weighted by Crippen LogP contribution is 2.33. The van der Waals surface area contributed by atoms with Gasteiger partial charge >= 0.3 is 12.3 Å². The average Bonchev–Trinajstić information content (AvgIpc) is 2.58. The summed E-state index contributed by atoms with van der Waals surface area (Å²) in [6, 6.07) is 0.562. The van der Waals surface area contributed by atoms with Crippen molar-refractivity contribution in [2.45, 2.75) is 62.7 Å². The van der Waals surface area contributed by atoms with Crippen LogP contribution in [-0.2, 0) is 20.9 Å². The molecule has 1 saturated heterocycles. The van der Waals surface area contributed by atoms with E-state index in [0.717, 1.165) is 4.31 Å². The summed E-state index contributed by atoms with van der Waals surface area (Å²) in [7, 11) is -4.54. The number of amides is 1. The largest absolute Gasteiger partial charge is 0.444 e. The molecule has 1 amide bonds. The number of rotatable bonds is 4. The molecule has 1 heterocycles. The van der Waals surface area contributed by atoms with E-state index in [4.69, 9.17) is 4.74 Å². The van der Waals surface area contributed by atoms with E-state index >= 15 is 0 Å². The third kappa shape index (κ3) is 6.05. The lowest BCUT2D eigenvalue weighted by molar-refractivity contribution is -0.137. The van der Waals surface area contributed by atoms with E-state index in [2.05, 4.69) is 5.32 Å². The van der Waals surface area contributed by atoms with E-state index in [-0.39, 0.29) is 13.1 Å². The zero-order valence-corrected chi connectivity index (χ0v) is 17.2. The Morgan fingerprint density at radius 3 is 2.48 bits per heavy atom. The van der Waals surface area contributed by atoms with Gasteiger partial charge in [-0.1, -0.05) is 6.42 Å². The summed E-state index contributed by atoms with van der Waals surface area (Å²) >= 11 is 0. The molecule has 0 spiro atoms. The summed E-state index contributed by atoms with van der Waals surface area (Å²) in [6.45, 7) is 4.91. The second-order valence-electron chi connectivity index (χ2n) is 7.79. The van der Waals surface area contributed by atoms with E-state index in [1.807, 2.05) is 0 Å². The Bertz CT molecular complexity index is 850. The van der Waals surface area contributed by atoms with Crippen molar-refractivity contribution >= 4 is 16.1 Å².